The highest BCUT2D eigenvalue weighted by Crippen LogP contribution is 2.34. The van der Waals surface area contributed by atoms with Crippen LogP contribution in [0.2, 0.25) is 0 Å². The zero-order chi connectivity index (χ0) is 16.5. The Balaban J connectivity index is 1.50. The average Bonchev–Trinajstić information content (AvgIpc) is 3.22. The number of hydrogen-bond donors (Lipinski definition) is 0. The van der Waals surface area contributed by atoms with E-state index in [1.54, 1.807) is 6.20 Å². The Morgan fingerprint density at radius 1 is 1.38 bits per heavy atom. The molecule has 1 aliphatic heterocycles. The lowest BCUT2D eigenvalue weighted by atomic mass is 10.1. The number of rotatable bonds is 3. The summed E-state index contributed by atoms with van der Waals surface area (Å²) in [6.45, 7) is 3.19. The number of nitrogens with zero attached hydrogens (tertiary/aromatic N) is 2. The molecular formula is C18H20N2O3S. The van der Waals surface area contributed by atoms with Gasteiger partial charge in [0.15, 0.2) is 0 Å². The summed E-state index contributed by atoms with van der Waals surface area (Å²) in [6, 6.07) is 7.71. The molecule has 1 amide bonds. The summed E-state index contributed by atoms with van der Waals surface area (Å²) >= 11 is 1.52. The van der Waals surface area contributed by atoms with Gasteiger partial charge in [0.05, 0.1) is 17.5 Å². The Labute approximate surface area is 145 Å². The highest BCUT2D eigenvalue weighted by Gasteiger charge is 2.46. The number of ether oxygens (including phenoxy) is 2. The molecular weight excluding hydrogens is 324 g/mol. The van der Waals surface area contributed by atoms with Crippen LogP contribution >= 0.6 is 11.3 Å². The molecule has 0 unspecified atom stereocenters. The number of carbonyl (C=O) groups is 1. The van der Waals surface area contributed by atoms with Crippen molar-refractivity contribution in [3.8, 4) is 5.88 Å². The Kier molecular flexibility index (Phi) is 4.24. The summed E-state index contributed by atoms with van der Waals surface area (Å²) < 4.78 is 12.0. The van der Waals surface area contributed by atoms with E-state index in [1.165, 1.54) is 11.3 Å². The Hall–Kier alpha value is -1.92. The maximum Gasteiger partial charge on any atom is 0.264 e. The molecule has 1 saturated carbocycles. The van der Waals surface area contributed by atoms with E-state index in [0.29, 0.717) is 19.0 Å². The molecule has 0 radical (unpaired) electrons. The molecule has 2 aromatic rings. The summed E-state index contributed by atoms with van der Waals surface area (Å²) in [5.41, 5.74) is 1.05. The van der Waals surface area contributed by atoms with Crippen LogP contribution in [-0.2, 0) is 4.74 Å². The van der Waals surface area contributed by atoms with Crippen LogP contribution in [0.5, 0.6) is 5.88 Å². The van der Waals surface area contributed by atoms with E-state index in [0.717, 1.165) is 23.3 Å². The van der Waals surface area contributed by atoms with Crippen molar-refractivity contribution in [3.05, 3.63) is 46.3 Å². The summed E-state index contributed by atoms with van der Waals surface area (Å²) in [7, 11) is 0. The molecule has 0 spiro atoms. The molecule has 1 saturated heterocycles. The van der Waals surface area contributed by atoms with Gasteiger partial charge in [-0.1, -0.05) is 6.07 Å². The van der Waals surface area contributed by atoms with Gasteiger partial charge in [-0.15, -0.1) is 11.3 Å². The number of amides is 1. The van der Waals surface area contributed by atoms with Gasteiger partial charge in [-0.2, -0.15) is 0 Å². The van der Waals surface area contributed by atoms with Crippen LogP contribution in [0.4, 0.5) is 0 Å². The molecule has 2 fully saturated rings. The second-order valence-corrected chi connectivity index (χ2v) is 7.15. The van der Waals surface area contributed by atoms with Gasteiger partial charge in [0.1, 0.15) is 12.2 Å². The van der Waals surface area contributed by atoms with Crippen molar-refractivity contribution < 1.29 is 14.3 Å². The van der Waals surface area contributed by atoms with E-state index in [4.69, 9.17) is 9.47 Å². The third kappa shape index (κ3) is 2.80. The predicted octanol–water partition coefficient (Wildman–Crippen LogP) is 2.90. The van der Waals surface area contributed by atoms with E-state index < -0.39 is 0 Å². The number of pyridine rings is 1. The average molecular weight is 344 g/mol. The number of aryl methyl sites for hydroxylation is 1. The van der Waals surface area contributed by atoms with Crippen molar-refractivity contribution in [3.63, 3.8) is 0 Å². The summed E-state index contributed by atoms with van der Waals surface area (Å²) in [5.74, 6) is 0.739. The molecule has 0 N–H and O–H groups in total. The smallest absolute Gasteiger partial charge is 0.264 e. The van der Waals surface area contributed by atoms with Crippen LogP contribution in [0.25, 0.3) is 0 Å². The van der Waals surface area contributed by atoms with Crippen molar-refractivity contribution in [2.75, 3.05) is 13.2 Å². The van der Waals surface area contributed by atoms with Crippen LogP contribution in [0, 0.1) is 6.92 Å². The van der Waals surface area contributed by atoms with E-state index in [1.807, 2.05) is 41.5 Å². The van der Waals surface area contributed by atoms with Crippen LogP contribution in [0.3, 0.4) is 0 Å². The van der Waals surface area contributed by atoms with E-state index in [9.17, 15) is 4.79 Å². The third-order valence-electron chi connectivity index (χ3n) is 4.76. The molecule has 24 heavy (non-hydrogen) atoms. The van der Waals surface area contributed by atoms with Crippen LogP contribution in [0.1, 0.15) is 28.1 Å². The number of carbonyl (C=O) groups excluding carboxylic acids is 1. The van der Waals surface area contributed by atoms with Crippen molar-refractivity contribution in [1.82, 2.24) is 9.88 Å². The minimum atomic E-state index is -0.0787. The maximum atomic E-state index is 12.9. The molecule has 3 heterocycles. The number of thiophene rings is 1. The molecule has 0 bridgehead atoms. The van der Waals surface area contributed by atoms with Crippen molar-refractivity contribution in [2.24, 2.45) is 0 Å². The molecule has 0 aromatic carbocycles. The Morgan fingerprint density at radius 3 is 3.04 bits per heavy atom. The minimum absolute atomic E-state index is 0.0510. The zero-order valence-corrected chi connectivity index (χ0v) is 14.4. The van der Waals surface area contributed by atoms with Gasteiger partial charge in [0.2, 0.25) is 5.88 Å². The molecule has 3 atom stereocenters. The summed E-state index contributed by atoms with van der Waals surface area (Å²) in [6.07, 6.45) is 3.37. The SMILES string of the molecule is Cc1ccsc1C(=O)N1CCO[C@H]2[C@H](Oc3ccccn3)CC[C@@H]21. The quantitative estimate of drug-likeness (QED) is 0.859. The van der Waals surface area contributed by atoms with Crippen LogP contribution < -0.4 is 4.74 Å². The number of hydrogen-bond acceptors (Lipinski definition) is 5. The molecule has 126 valence electrons. The fourth-order valence-electron chi connectivity index (χ4n) is 3.59. The van der Waals surface area contributed by atoms with Crippen LogP contribution in [0.15, 0.2) is 35.8 Å². The van der Waals surface area contributed by atoms with Crippen molar-refractivity contribution in [2.45, 2.75) is 38.0 Å². The van der Waals surface area contributed by atoms with Crippen molar-refractivity contribution >= 4 is 17.2 Å². The van der Waals surface area contributed by atoms with E-state index in [2.05, 4.69) is 4.98 Å². The molecule has 4 rings (SSSR count). The molecule has 1 aliphatic carbocycles. The largest absolute Gasteiger partial charge is 0.471 e. The fraction of sp³-hybridized carbons (Fsp3) is 0.444. The van der Waals surface area contributed by atoms with Crippen molar-refractivity contribution in [1.29, 1.82) is 0 Å². The lowest BCUT2D eigenvalue weighted by Gasteiger charge is -2.38. The highest BCUT2D eigenvalue weighted by atomic mass is 32.1. The second-order valence-electron chi connectivity index (χ2n) is 6.24. The molecule has 2 aromatic heterocycles. The van der Waals surface area contributed by atoms with Gasteiger partial charge in [-0.3, -0.25) is 4.79 Å². The van der Waals surface area contributed by atoms with Crippen LogP contribution in [-0.4, -0.2) is 47.2 Å². The summed E-state index contributed by atoms with van der Waals surface area (Å²) in [4.78, 5) is 20.0. The Bertz CT molecular complexity index is 718. The first-order chi connectivity index (χ1) is 11.7. The second kappa shape index (κ2) is 6.53. The van der Waals surface area contributed by atoms with Gasteiger partial charge >= 0.3 is 0 Å². The van der Waals surface area contributed by atoms with Gasteiger partial charge in [-0.05, 0) is 42.8 Å². The molecule has 5 nitrogen and oxygen atoms in total. The molecule has 6 heteroatoms. The van der Waals surface area contributed by atoms with Gasteiger partial charge in [0, 0.05) is 18.8 Å². The maximum absolute atomic E-state index is 12.9. The number of aromatic nitrogens is 1. The summed E-state index contributed by atoms with van der Waals surface area (Å²) in [5, 5.41) is 1.97. The normalized spacial score (nSPS) is 26.2. The number of morpholine rings is 1. The predicted molar refractivity (Wildman–Crippen MR) is 91.5 cm³/mol. The third-order valence-corrected chi connectivity index (χ3v) is 5.77. The lowest BCUT2D eigenvalue weighted by molar-refractivity contribution is -0.0792. The first kappa shape index (κ1) is 15.6. The highest BCUT2D eigenvalue weighted by molar-refractivity contribution is 7.12. The van der Waals surface area contributed by atoms with Gasteiger partial charge < -0.3 is 14.4 Å². The monoisotopic (exact) mass is 344 g/mol. The van der Waals surface area contributed by atoms with E-state index >= 15 is 0 Å². The topological polar surface area (TPSA) is 51.7 Å². The number of fused-ring (bicyclic) bond motifs is 1. The first-order valence-corrected chi connectivity index (χ1v) is 9.16. The first-order valence-electron chi connectivity index (χ1n) is 8.28. The van der Waals surface area contributed by atoms with Gasteiger partial charge in [-0.25, -0.2) is 4.98 Å². The fourth-order valence-corrected chi connectivity index (χ4v) is 4.47. The molecule has 2 aliphatic rings. The lowest BCUT2D eigenvalue weighted by Crippen LogP contribution is -2.54. The zero-order valence-electron chi connectivity index (χ0n) is 13.6. The Morgan fingerprint density at radius 2 is 2.29 bits per heavy atom. The minimum Gasteiger partial charge on any atom is -0.471 e. The standard InChI is InChI=1S/C18H20N2O3S/c1-12-7-11-24-17(12)18(21)20-9-10-22-16-13(20)5-6-14(16)23-15-4-2-3-8-19-15/h2-4,7-8,11,13-14,16H,5-6,9-10H2,1H3/t13-,14+,16+/m0/s1. The van der Waals surface area contributed by atoms with Gasteiger partial charge in [0.25, 0.3) is 5.91 Å². The van der Waals surface area contributed by atoms with E-state index in [-0.39, 0.29) is 24.2 Å².